The number of hydrogen-bond acceptors (Lipinski definition) is 4. The fourth-order valence-electron chi connectivity index (χ4n) is 2.00. The third-order valence-corrected chi connectivity index (χ3v) is 3.41. The number of aromatic nitrogens is 2. The van der Waals surface area contributed by atoms with Crippen LogP contribution in [0, 0.1) is 12.8 Å². The molecule has 0 unspecified atom stereocenters. The van der Waals surface area contributed by atoms with Crippen molar-refractivity contribution in [1.29, 1.82) is 0 Å². The topological polar surface area (TPSA) is 66.9 Å². The summed E-state index contributed by atoms with van der Waals surface area (Å²) in [4.78, 5) is 20.9. The van der Waals surface area contributed by atoms with Gasteiger partial charge in [-0.1, -0.05) is 31.5 Å². The largest absolute Gasteiger partial charge is 0.354 e. The van der Waals surface area contributed by atoms with Crippen LogP contribution in [0.4, 0.5) is 11.6 Å². The Kier molecular flexibility index (Phi) is 5.93. The molecule has 0 aliphatic rings. The van der Waals surface area contributed by atoms with Gasteiger partial charge in [0.1, 0.15) is 5.69 Å². The first-order valence-electron chi connectivity index (χ1n) is 7.60. The van der Waals surface area contributed by atoms with E-state index in [0.29, 0.717) is 28.3 Å². The molecule has 0 radical (unpaired) electrons. The Morgan fingerprint density at radius 2 is 2.04 bits per heavy atom. The molecule has 23 heavy (non-hydrogen) atoms. The molecule has 1 heterocycles. The molecule has 0 aliphatic carbocycles. The Labute approximate surface area is 141 Å². The van der Waals surface area contributed by atoms with Crippen LogP contribution in [-0.2, 0) is 0 Å². The molecule has 2 N–H and O–H groups in total. The van der Waals surface area contributed by atoms with Crippen molar-refractivity contribution in [3.05, 3.63) is 46.7 Å². The molecular formula is C17H21ClN4O. The highest BCUT2D eigenvalue weighted by molar-refractivity contribution is 6.30. The van der Waals surface area contributed by atoms with Gasteiger partial charge >= 0.3 is 0 Å². The minimum atomic E-state index is -0.287. The van der Waals surface area contributed by atoms with E-state index in [1.807, 2.05) is 6.92 Å². The lowest BCUT2D eigenvalue weighted by molar-refractivity contribution is 0.102. The Bertz CT molecular complexity index is 688. The standard InChI is InChI=1S/C17H21ClN4O/c1-11(2)7-8-19-17-20-12(3)9-15(22-17)16(23)21-14-6-4-5-13(18)10-14/h4-6,9-11H,7-8H2,1-3H3,(H,21,23)(H,19,20,22). The smallest absolute Gasteiger partial charge is 0.274 e. The minimum Gasteiger partial charge on any atom is -0.354 e. The molecule has 2 rings (SSSR count). The van der Waals surface area contributed by atoms with Gasteiger partial charge in [0, 0.05) is 22.9 Å². The molecule has 0 saturated carbocycles. The highest BCUT2D eigenvalue weighted by Crippen LogP contribution is 2.16. The van der Waals surface area contributed by atoms with Crippen LogP contribution in [0.1, 0.15) is 36.5 Å². The molecule has 0 bridgehead atoms. The summed E-state index contributed by atoms with van der Waals surface area (Å²) >= 11 is 5.92. The average molecular weight is 333 g/mol. The lowest BCUT2D eigenvalue weighted by atomic mass is 10.1. The molecule has 2 aromatic rings. The first-order chi connectivity index (χ1) is 10.9. The van der Waals surface area contributed by atoms with Gasteiger partial charge in [-0.3, -0.25) is 4.79 Å². The van der Waals surface area contributed by atoms with Gasteiger partial charge in [0.15, 0.2) is 0 Å². The van der Waals surface area contributed by atoms with Crippen molar-refractivity contribution in [1.82, 2.24) is 9.97 Å². The maximum Gasteiger partial charge on any atom is 0.274 e. The molecule has 1 aromatic heterocycles. The Morgan fingerprint density at radius 3 is 2.74 bits per heavy atom. The first-order valence-corrected chi connectivity index (χ1v) is 7.98. The SMILES string of the molecule is Cc1cc(C(=O)Nc2cccc(Cl)c2)nc(NCCC(C)C)n1. The van der Waals surface area contributed by atoms with Gasteiger partial charge < -0.3 is 10.6 Å². The van der Waals surface area contributed by atoms with Gasteiger partial charge in [-0.25, -0.2) is 9.97 Å². The number of amides is 1. The summed E-state index contributed by atoms with van der Waals surface area (Å²) in [6.45, 7) is 6.92. The van der Waals surface area contributed by atoms with Gasteiger partial charge in [0.2, 0.25) is 5.95 Å². The third kappa shape index (κ3) is 5.53. The van der Waals surface area contributed by atoms with Crippen LogP contribution in [0.15, 0.2) is 30.3 Å². The normalized spacial score (nSPS) is 10.7. The number of nitrogens with zero attached hydrogens (tertiary/aromatic N) is 2. The number of nitrogens with one attached hydrogen (secondary N) is 2. The zero-order chi connectivity index (χ0) is 16.8. The van der Waals surface area contributed by atoms with E-state index < -0.39 is 0 Å². The summed E-state index contributed by atoms with van der Waals surface area (Å²) in [5.41, 5.74) is 1.70. The number of aryl methyl sites for hydroxylation is 1. The summed E-state index contributed by atoms with van der Waals surface area (Å²) in [6, 6.07) is 8.66. The van der Waals surface area contributed by atoms with Gasteiger partial charge in [0.05, 0.1) is 0 Å². The summed E-state index contributed by atoms with van der Waals surface area (Å²) in [6.07, 6.45) is 1.02. The molecular weight excluding hydrogens is 312 g/mol. The minimum absolute atomic E-state index is 0.287. The van der Waals surface area contributed by atoms with Crippen molar-refractivity contribution in [2.75, 3.05) is 17.2 Å². The molecule has 1 aromatic carbocycles. The second-order valence-electron chi connectivity index (χ2n) is 5.79. The second-order valence-corrected chi connectivity index (χ2v) is 6.23. The second kappa shape index (κ2) is 7.92. The van der Waals surface area contributed by atoms with Gasteiger partial charge in [-0.2, -0.15) is 0 Å². The van der Waals surface area contributed by atoms with Crippen LogP contribution in [-0.4, -0.2) is 22.4 Å². The van der Waals surface area contributed by atoms with Crippen LogP contribution in [0.2, 0.25) is 5.02 Å². The van der Waals surface area contributed by atoms with E-state index in [1.54, 1.807) is 30.3 Å². The lowest BCUT2D eigenvalue weighted by Gasteiger charge is -2.10. The van der Waals surface area contributed by atoms with Crippen molar-refractivity contribution in [3.63, 3.8) is 0 Å². The van der Waals surface area contributed by atoms with Crippen molar-refractivity contribution >= 4 is 29.1 Å². The molecule has 122 valence electrons. The van der Waals surface area contributed by atoms with Crippen molar-refractivity contribution in [2.45, 2.75) is 27.2 Å². The number of benzene rings is 1. The summed E-state index contributed by atoms with van der Waals surface area (Å²) < 4.78 is 0. The first kappa shape index (κ1) is 17.2. The number of rotatable bonds is 6. The maximum absolute atomic E-state index is 12.3. The third-order valence-electron chi connectivity index (χ3n) is 3.17. The van der Waals surface area contributed by atoms with Crippen LogP contribution in [0.25, 0.3) is 0 Å². The van der Waals surface area contributed by atoms with Gasteiger partial charge in [-0.05, 0) is 43.5 Å². The fraction of sp³-hybridized carbons (Fsp3) is 0.353. The lowest BCUT2D eigenvalue weighted by Crippen LogP contribution is -2.16. The summed E-state index contributed by atoms with van der Waals surface area (Å²) in [5, 5.41) is 6.52. The van der Waals surface area contributed by atoms with Crippen molar-refractivity contribution in [2.24, 2.45) is 5.92 Å². The van der Waals surface area contributed by atoms with E-state index in [4.69, 9.17) is 11.6 Å². The number of hydrogen-bond donors (Lipinski definition) is 2. The fourth-order valence-corrected chi connectivity index (χ4v) is 2.19. The average Bonchev–Trinajstić information content (AvgIpc) is 2.46. The van der Waals surface area contributed by atoms with Crippen LogP contribution < -0.4 is 10.6 Å². The van der Waals surface area contributed by atoms with Crippen LogP contribution in [0.3, 0.4) is 0 Å². The van der Waals surface area contributed by atoms with Gasteiger partial charge in [0.25, 0.3) is 5.91 Å². The predicted octanol–water partition coefficient (Wildman–Crippen LogP) is 4.15. The predicted molar refractivity (Wildman–Crippen MR) is 94.1 cm³/mol. The zero-order valence-corrected chi connectivity index (χ0v) is 14.3. The number of anilines is 2. The van der Waals surface area contributed by atoms with Crippen LogP contribution >= 0.6 is 11.6 Å². The van der Waals surface area contributed by atoms with E-state index in [2.05, 4.69) is 34.4 Å². The number of carbonyl (C=O) groups excluding carboxylic acids is 1. The monoisotopic (exact) mass is 332 g/mol. The highest BCUT2D eigenvalue weighted by Gasteiger charge is 2.11. The Hall–Kier alpha value is -2.14. The van der Waals surface area contributed by atoms with E-state index in [9.17, 15) is 4.79 Å². The molecule has 0 atom stereocenters. The van der Waals surface area contributed by atoms with Crippen molar-refractivity contribution in [3.8, 4) is 0 Å². The maximum atomic E-state index is 12.3. The zero-order valence-electron chi connectivity index (χ0n) is 13.6. The Balaban J connectivity index is 2.09. The molecule has 6 heteroatoms. The van der Waals surface area contributed by atoms with E-state index >= 15 is 0 Å². The molecule has 0 saturated heterocycles. The quantitative estimate of drug-likeness (QED) is 0.834. The van der Waals surface area contributed by atoms with Crippen LogP contribution in [0.5, 0.6) is 0 Å². The summed E-state index contributed by atoms with van der Waals surface area (Å²) in [7, 11) is 0. The Morgan fingerprint density at radius 1 is 1.26 bits per heavy atom. The molecule has 0 fully saturated rings. The highest BCUT2D eigenvalue weighted by atomic mass is 35.5. The molecule has 0 aliphatic heterocycles. The molecule has 5 nitrogen and oxygen atoms in total. The molecule has 1 amide bonds. The number of halogens is 1. The van der Waals surface area contributed by atoms with E-state index in [1.165, 1.54) is 0 Å². The summed E-state index contributed by atoms with van der Waals surface area (Å²) in [5.74, 6) is 0.782. The van der Waals surface area contributed by atoms with Crippen molar-refractivity contribution < 1.29 is 4.79 Å². The van der Waals surface area contributed by atoms with E-state index in [0.717, 1.165) is 18.7 Å². The van der Waals surface area contributed by atoms with Gasteiger partial charge in [-0.15, -0.1) is 0 Å². The molecule has 0 spiro atoms. The number of carbonyl (C=O) groups is 1. The van der Waals surface area contributed by atoms with E-state index in [-0.39, 0.29) is 5.91 Å².